The SMILES string of the molecule is CC(C)[C@H](NC(=O)N(Cc1ccccc1)C(C)C)C(=O)O. The van der Waals surface area contributed by atoms with E-state index in [4.69, 9.17) is 5.11 Å². The van der Waals surface area contributed by atoms with Crippen molar-refractivity contribution in [3.05, 3.63) is 35.9 Å². The molecule has 0 fully saturated rings. The molecule has 2 amide bonds. The van der Waals surface area contributed by atoms with Gasteiger partial charge in [0.2, 0.25) is 0 Å². The Morgan fingerprint density at radius 3 is 2.14 bits per heavy atom. The normalized spacial score (nSPS) is 12.3. The molecule has 1 rings (SSSR count). The molecule has 5 nitrogen and oxygen atoms in total. The third-order valence-corrected chi connectivity index (χ3v) is 3.29. The van der Waals surface area contributed by atoms with Gasteiger partial charge in [-0.05, 0) is 25.3 Å². The van der Waals surface area contributed by atoms with Crippen molar-refractivity contribution >= 4 is 12.0 Å². The number of benzene rings is 1. The number of carboxylic acid groups (broad SMARTS) is 1. The molecule has 5 heteroatoms. The summed E-state index contributed by atoms with van der Waals surface area (Å²) >= 11 is 0. The molecule has 0 aliphatic heterocycles. The number of urea groups is 1. The molecule has 0 saturated carbocycles. The average molecular weight is 292 g/mol. The standard InChI is InChI=1S/C16H24N2O3/c1-11(2)14(15(19)20)17-16(21)18(12(3)4)10-13-8-6-5-7-9-13/h5-9,11-12,14H,10H2,1-4H3,(H,17,21)(H,19,20)/t14-/m0/s1. The fourth-order valence-electron chi connectivity index (χ4n) is 2.00. The zero-order chi connectivity index (χ0) is 16.0. The van der Waals surface area contributed by atoms with E-state index >= 15 is 0 Å². The Bertz CT molecular complexity index is 472. The number of amides is 2. The van der Waals surface area contributed by atoms with Gasteiger partial charge in [0.05, 0.1) is 0 Å². The largest absolute Gasteiger partial charge is 0.480 e. The number of aliphatic carboxylic acids is 1. The summed E-state index contributed by atoms with van der Waals surface area (Å²) in [5.74, 6) is -1.18. The van der Waals surface area contributed by atoms with Crippen LogP contribution in [0.2, 0.25) is 0 Å². The number of carbonyl (C=O) groups excluding carboxylic acids is 1. The lowest BCUT2D eigenvalue weighted by Crippen LogP contribution is -2.51. The van der Waals surface area contributed by atoms with E-state index in [0.29, 0.717) is 6.54 Å². The summed E-state index contributed by atoms with van der Waals surface area (Å²) in [6.07, 6.45) is 0. The van der Waals surface area contributed by atoms with Crippen LogP contribution >= 0.6 is 0 Å². The van der Waals surface area contributed by atoms with Gasteiger partial charge in [0, 0.05) is 12.6 Å². The first-order valence-electron chi connectivity index (χ1n) is 7.16. The second-order valence-corrected chi connectivity index (χ2v) is 5.72. The fraction of sp³-hybridized carbons (Fsp3) is 0.500. The van der Waals surface area contributed by atoms with Crippen LogP contribution in [0.4, 0.5) is 4.79 Å². The predicted octanol–water partition coefficient (Wildman–Crippen LogP) is 2.72. The summed E-state index contributed by atoms with van der Waals surface area (Å²) in [6.45, 7) is 7.82. The van der Waals surface area contributed by atoms with Crippen molar-refractivity contribution in [2.75, 3.05) is 0 Å². The van der Waals surface area contributed by atoms with Crippen LogP contribution < -0.4 is 5.32 Å². The molecule has 116 valence electrons. The van der Waals surface area contributed by atoms with E-state index in [0.717, 1.165) is 5.56 Å². The van der Waals surface area contributed by atoms with E-state index in [1.54, 1.807) is 18.7 Å². The summed E-state index contributed by atoms with van der Waals surface area (Å²) < 4.78 is 0. The lowest BCUT2D eigenvalue weighted by molar-refractivity contribution is -0.140. The number of hydrogen-bond donors (Lipinski definition) is 2. The van der Waals surface area contributed by atoms with Crippen molar-refractivity contribution in [3.63, 3.8) is 0 Å². The maximum absolute atomic E-state index is 12.4. The van der Waals surface area contributed by atoms with E-state index in [9.17, 15) is 9.59 Å². The van der Waals surface area contributed by atoms with Crippen LogP contribution in [0.5, 0.6) is 0 Å². The zero-order valence-corrected chi connectivity index (χ0v) is 13.0. The van der Waals surface area contributed by atoms with Crippen LogP contribution in [0.1, 0.15) is 33.3 Å². The lowest BCUT2D eigenvalue weighted by atomic mass is 10.1. The van der Waals surface area contributed by atoms with Crippen molar-refractivity contribution in [3.8, 4) is 0 Å². The van der Waals surface area contributed by atoms with Crippen molar-refractivity contribution in [1.29, 1.82) is 0 Å². The minimum Gasteiger partial charge on any atom is -0.480 e. The first-order valence-corrected chi connectivity index (χ1v) is 7.16. The second kappa shape index (κ2) is 7.67. The molecule has 0 heterocycles. The number of hydrogen-bond acceptors (Lipinski definition) is 2. The van der Waals surface area contributed by atoms with Gasteiger partial charge in [-0.15, -0.1) is 0 Å². The molecule has 0 aliphatic rings. The molecule has 0 aliphatic carbocycles. The van der Waals surface area contributed by atoms with Crippen LogP contribution in [-0.2, 0) is 11.3 Å². The van der Waals surface area contributed by atoms with E-state index in [-0.39, 0.29) is 18.0 Å². The molecule has 1 atom stereocenters. The van der Waals surface area contributed by atoms with Gasteiger partial charge in [0.15, 0.2) is 0 Å². The first-order chi connectivity index (χ1) is 9.82. The van der Waals surface area contributed by atoms with E-state index in [1.807, 2.05) is 44.2 Å². The van der Waals surface area contributed by atoms with Gasteiger partial charge < -0.3 is 15.3 Å². The van der Waals surface area contributed by atoms with E-state index in [2.05, 4.69) is 5.32 Å². The van der Waals surface area contributed by atoms with Gasteiger partial charge >= 0.3 is 12.0 Å². The summed E-state index contributed by atoms with van der Waals surface area (Å²) in [5, 5.41) is 11.8. The third-order valence-electron chi connectivity index (χ3n) is 3.29. The van der Waals surface area contributed by atoms with Crippen LogP contribution in [0.3, 0.4) is 0 Å². The van der Waals surface area contributed by atoms with Crippen LogP contribution in [-0.4, -0.2) is 34.1 Å². The first kappa shape index (κ1) is 17.0. The maximum atomic E-state index is 12.4. The minimum atomic E-state index is -1.01. The van der Waals surface area contributed by atoms with E-state index < -0.39 is 12.0 Å². The molecule has 0 radical (unpaired) electrons. The topological polar surface area (TPSA) is 69.6 Å². The highest BCUT2D eigenvalue weighted by Gasteiger charge is 2.26. The van der Waals surface area contributed by atoms with Gasteiger partial charge in [-0.3, -0.25) is 0 Å². The monoisotopic (exact) mass is 292 g/mol. The predicted molar refractivity (Wildman–Crippen MR) is 81.9 cm³/mol. The highest BCUT2D eigenvalue weighted by molar-refractivity contribution is 5.82. The lowest BCUT2D eigenvalue weighted by Gasteiger charge is -2.29. The smallest absolute Gasteiger partial charge is 0.326 e. The molecule has 1 aromatic carbocycles. The highest BCUT2D eigenvalue weighted by Crippen LogP contribution is 2.10. The summed E-state index contributed by atoms with van der Waals surface area (Å²) in [5.41, 5.74) is 1.01. The van der Waals surface area contributed by atoms with Gasteiger partial charge in [-0.25, -0.2) is 9.59 Å². The Morgan fingerprint density at radius 2 is 1.71 bits per heavy atom. The van der Waals surface area contributed by atoms with Crippen molar-refractivity contribution in [1.82, 2.24) is 10.2 Å². The number of nitrogens with zero attached hydrogens (tertiary/aromatic N) is 1. The second-order valence-electron chi connectivity index (χ2n) is 5.72. The summed E-state index contributed by atoms with van der Waals surface area (Å²) in [7, 11) is 0. The van der Waals surface area contributed by atoms with Gasteiger partial charge in [0.25, 0.3) is 0 Å². The number of rotatable bonds is 6. The molecule has 21 heavy (non-hydrogen) atoms. The van der Waals surface area contributed by atoms with Crippen molar-refractivity contribution in [2.24, 2.45) is 5.92 Å². The molecule has 0 unspecified atom stereocenters. The van der Waals surface area contributed by atoms with Gasteiger partial charge in [-0.1, -0.05) is 44.2 Å². The molecule has 0 aromatic heterocycles. The van der Waals surface area contributed by atoms with Crippen molar-refractivity contribution in [2.45, 2.75) is 46.3 Å². The Morgan fingerprint density at radius 1 is 1.14 bits per heavy atom. The molecular formula is C16H24N2O3. The van der Waals surface area contributed by atoms with E-state index in [1.165, 1.54) is 0 Å². The van der Waals surface area contributed by atoms with Crippen LogP contribution in [0, 0.1) is 5.92 Å². The molecule has 0 saturated heterocycles. The zero-order valence-electron chi connectivity index (χ0n) is 13.0. The average Bonchev–Trinajstić information content (AvgIpc) is 2.42. The third kappa shape index (κ3) is 5.10. The number of nitrogens with one attached hydrogen (secondary N) is 1. The van der Waals surface area contributed by atoms with Crippen molar-refractivity contribution < 1.29 is 14.7 Å². The molecule has 0 spiro atoms. The maximum Gasteiger partial charge on any atom is 0.326 e. The Balaban J connectivity index is 2.81. The Kier molecular flexibility index (Phi) is 6.21. The molecule has 1 aromatic rings. The van der Waals surface area contributed by atoms with Crippen LogP contribution in [0.25, 0.3) is 0 Å². The number of carbonyl (C=O) groups is 2. The summed E-state index contributed by atoms with van der Waals surface area (Å²) in [4.78, 5) is 25.2. The Labute approximate surface area is 126 Å². The highest BCUT2D eigenvalue weighted by atomic mass is 16.4. The fourth-order valence-corrected chi connectivity index (χ4v) is 2.00. The molecule has 0 bridgehead atoms. The minimum absolute atomic E-state index is 0.0215. The van der Waals surface area contributed by atoms with Crippen LogP contribution in [0.15, 0.2) is 30.3 Å². The van der Waals surface area contributed by atoms with Gasteiger partial charge in [-0.2, -0.15) is 0 Å². The Hall–Kier alpha value is -2.04. The number of carboxylic acids is 1. The molecular weight excluding hydrogens is 268 g/mol. The summed E-state index contributed by atoms with van der Waals surface area (Å²) in [6, 6.07) is 8.39. The quantitative estimate of drug-likeness (QED) is 0.847. The van der Waals surface area contributed by atoms with Gasteiger partial charge in [0.1, 0.15) is 6.04 Å². The molecule has 2 N–H and O–H groups in total.